The van der Waals surface area contributed by atoms with Gasteiger partial charge in [-0.05, 0) is 48.2 Å². The Morgan fingerprint density at radius 1 is 1.25 bits per heavy atom. The number of aromatic nitrogens is 2. The van der Waals surface area contributed by atoms with E-state index >= 15 is 0 Å². The van der Waals surface area contributed by atoms with Crippen LogP contribution >= 0.6 is 15.9 Å². The predicted octanol–water partition coefficient (Wildman–Crippen LogP) is 3.57. The van der Waals surface area contributed by atoms with Crippen molar-refractivity contribution in [1.82, 2.24) is 9.97 Å². The van der Waals surface area contributed by atoms with Gasteiger partial charge in [0.2, 0.25) is 0 Å². The van der Waals surface area contributed by atoms with Crippen LogP contribution in [0.25, 0.3) is 0 Å². The largest absolute Gasteiger partial charge is 0.345 e. The summed E-state index contributed by atoms with van der Waals surface area (Å²) < 4.78 is 0.942. The molecule has 2 nitrogen and oxygen atoms in total. The first-order valence-electron chi connectivity index (χ1n) is 5.41. The molecule has 0 saturated carbocycles. The maximum absolute atomic E-state index is 4.30. The van der Waals surface area contributed by atoms with E-state index in [-0.39, 0.29) is 0 Å². The highest BCUT2D eigenvalue weighted by Gasteiger charge is 2.05. The molecule has 16 heavy (non-hydrogen) atoms. The number of nitrogens with one attached hydrogen (secondary N) is 1. The van der Waals surface area contributed by atoms with E-state index in [9.17, 15) is 0 Å². The Kier molecular flexibility index (Phi) is 3.44. The predicted molar refractivity (Wildman–Crippen MR) is 69.6 cm³/mol. The molecule has 0 aliphatic heterocycles. The number of nitrogens with zero attached hydrogens (tertiary/aromatic N) is 1. The topological polar surface area (TPSA) is 28.7 Å². The minimum absolute atomic E-state index is 0.942. The quantitative estimate of drug-likeness (QED) is 0.914. The lowest BCUT2D eigenvalue weighted by Gasteiger charge is -2.01. The van der Waals surface area contributed by atoms with Crippen molar-refractivity contribution in [3.05, 3.63) is 51.5 Å². The van der Waals surface area contributed by atoms with Crippen molar-refractivity contribution in [2.24, 2.45) is 0 Å². The molecule has 0 radical (unpaired) electrons. The maximum Gasteiger partial charge on any atom is 0.127 e. The highest BCUT2D eigenvalue weighted by Crippen LogP contribution is 2.16. The molecule has 0 atom stereocenters. The molecule has 2 aromatic rings. The van der Waals surface area contributed by atoms with Crippen LogP contribution in [-0.2, 0) is 12.8 Å². The van der Waals surface area contributed by atoms with Crippen molar-refractivity contribution in [2.75, 3.05) is 0 Å². The monoisotopic (exact) mass is 278 g/mol. The van der Waals surface area contributed by atoms with Crippen LogP contribution in [0, 0.1) is 13.8 Å². The molecule has 1 aromatic carbocycles. The number of rotatable bonds is 3. The van der Waals surface area contributed by atoms with Crippen LogP contribution in [0.5, 0.6) is 0 Å². The lowest BCUT2D eigenvalue weighted by molar-refractivity contribution is 0.913. The molecule has 1 heterocycles. The molecule has 0 bridgehead atoms. The summed E-state index contributed by atoms with van der Waals surface area (Å²) in [5, 5.41) is 0. The Labute approximate surface area is 104 Å². The molecule has 3 heteroatoms. The molecule has 0 saturated heterocycles. The summed E-state index contributed by atoms with van der Waals surface area (Å²) in [6, 6.07) is 8.64. The third-order valence-corrected chi connectivity index (χ3v) is 3.25. The fraction of sp³-hybridized carbons (Fsp3) is 0.308. The number of halogens is 1. The Bertz CT molecular complexity index is 488. The maximum atomic E-state index is 4.30. The summed E-state index contributed by atoms with van der Waals surface area (Å²) in [4.78, 5) is 7.57. The van der Waals surface area contributed by atoms with E-state index in [2.05, 4.69) is 57.1 Å². The Balaban J connectivity index is 2.05. The van der Waals surface area contributed by atoms with Crippen LogP contribution < -0.4 is 0 Å². The molecule has 1 N–H and O–H groups in total. The SMILES string of the molecule is Cc1cccc(CCc2[nH]c(C)nc2Br)c1. The van der Waals surface area contributed by atoms with E-state index in [0.717, 1.165) is 23.3 Å². The molecule has 0 unspecified atom stereocenters. The van der Waals surface area contributed by atoms with E-state index < -0.39 is 0 Å². The number of imidazole rings is 1. The van der Waals surface area contributed by atoms with Gasteiger partial charge in [-0.1, -0.05) is 29.8 Å². The van der Waals surface area contributed by atoms with Crippen molar-refractivity contribution in [3.8, 4) is 0 Å². The average molecular weight is 279 g/mol. The first kappa shape index (κ1) is 11.4. The van der Waals surface area contributed by atoms with Crippen molar-refractivity contribution >= 4 is 15.9 Å². The molecule has 0 fully saturated rings. The number of H-pyrrole nitrogens is 1. The van der Waals surface area contributed by atoms with Gasteiger partial charge in [0.05, 0.1) is 0 Å². The molecule has 0 spiro atoms. The minimum Gasteiger partial charge on any atom is -0.345 e. The zero-order valence-corrected chi connectivity index (χ0v) is 11.1. The molecule has 0 aliphatic rings. The van der Waals surface area contributed by atoms with E-state index in [1.165, 1.54) is 16.8 Å². The Hall–Kier alpha value is -1.09. The number of aryl methyl sites for hydroxylation is 4. The van der Waals surface area contributed by atoms with E-state index in [0.29, 0.717) is 0 Å². The summed E-state index contributed by atoms with van der Waals surface area (Å²) >= 11 is 3.46. The van der Waals surface area contributed by atoms with Gasteiger partial charge in [-0.2, -0.15) is 0 Å². The van der Waals surface area contributed by atoms with Crippen LogP contribution in [0.1, 0.15) is 22.6 Å². The summed E-state index contributed by atoms with van der Waals surface area (Å²) in [6.45, 7) is 4.10. The van der Waals surface area contributed by atoms with Crippen molar-refractivity contribution in [3.63, 3.8) is 0 Å². The Morgan fingerprint density at radius 3 is 2.69 bits per heavy atom. The van der Waals surface area contributed by atoms with Crippen molar-refractivity contribution < 1.29 is 0 Å². The van der Waals surface area contributed by atoms with Crippen LogP contribution in [-0.4, -0.2) is 9.97 Å². The summed E-state index contributed by atoms with van der Waals surface area (Å²) in [5.41, 5.74) is 3.87. The van der Waals surface area contributed by atoms with Crippen molar-refractivity contribution in [2.45, 2.75) is 26.7 Å². The number of benzene rings is 1. The lowest BCUT2D eigenvalue weighted by atomic mass is 10.1. The van der Waals surface area contributed by atoms with Gasteiger partial charge >= 0.3 is 0 Å². The summed E-state index contributed by atoms with van der Waals surface area (Å²) in [7, 11) is 0. The van der Waals surface area contributed by atoms with Gasteiger partial charge in [-0.3, -0.25) is 0 Å². The molecule has 1 aromatic heterocycles. The fourth-order valence-electron chi connectivity index (χ4n) is 1.82. The third kappa shape index (κ3) is 2.73. The van der Waals surface area contributed by atoms with Gasteiger partial charge in [0.15, 0.2) is 0 Å². The standard InChI is InChI=1S/C13H15BrN2/c1-9-4-3-5-11(8-9)6-7-12-13(14)16-10(2)15-12/h3-5,8H,6-7H2,1-2H3,(H,15,16). The first-order chi connectivity index (χ1) is 7.65. The van der Waals surface area contributed by atoms with Gasteiger partial charge in [0.25, 0.3) is 0 Å². The number of aromatic amines is 1. The highest BCUT2D eigenvalue weighted by atomic mass is 79.9. The number of hydrogen-bond donors (Lipinski definition) is 1. The van der Waals surface area contributed by atoms with E-state index in [1.807, 2.05) is 6.92 Å². The third-order valence-electron chi connectivity index (χ3n) is 2.59. The summed E-state index contributed by atoms with van der Waals surface area (Å²) in [5.74, 6) is 0.964. The van der Waals surface area contributed by atoms with Crippen LogP contribution in [0.2, 0.25) is 0 Å². The Morgan fingerprint density at radius 2 is 2.06 bits per heavy atom. The molecule has 84 valence electrons. The highest BCUT2D eigenvalue weighted by molar-refractivity contribution is 9.10. The van der Waals surface area contributed by atoms with Crippen molar-refractivity contribution in [1.29, 1.82) is 0 Å². The zero-order chi connectivity index (χ0) is 11.5. The van der Waals surface area contributed by atoms with Crippen LogP contribution in [0.4, 0.5) is 0 Å². The molecule has 0 amide bonds. The minimum atomic E-state index is 0.942. The van der Waals surface area contributed by atoms with Gasteiger partial charge in [-0.25, -0.2) is 4.98 Å². The lowest BCUT2D eigenvalue weighted by Crippen LogP contribution is -1.93. The second-order valence-corrected chi connectivity index (χ2v) is 4.83. The van der Waals surface area contributed by atoms with Crippen LogP contribution in [0.15, 0.2) is 28.9 Å². The fourth-order valence-corrected chi connectivity index (χ4v) is 2.38. The van der Waals surface area contributed by atoms with Gasteiger partial charge in [0, 0.05) is 5.69 Å². The molecule has 2 rings (SSSR count). The normalized spacial score (nSPS) is 10.7. The zero-order valence-electron chi connectivity index (χ0n) is 9.55. The average Bonchev–Trinajstić information content (AvgIpc) is 2.54. The van der Waals surface area contributed by atoms with Crippen LogP contribution in [0.3, 0.4) is 0 Å². The second-order valence-electron chi connectivity index (χ2n) is 4.08. The molecular formula is C13H15BrN2. The summed E-state index contributed by atoms with van der Waals surface area (Å²) in [6.07, 6.45) is 2.03. The number of hydrogen-bond acceptors (Lipinski definition) is 1. The molecular weight excluding hydrogens is 264 g/mol. The smallest absolute Gasteiger partial charge is 0.127 e. The van der Waals surface area contributed by atoms with Gasteiger partial charge < -0.3 is 4.98 Å². The second kappa shape index (κ2) is 4.83. The van der Waals surface area contributed by atoms with Gasteiger partial charge in [-0.15, -0.1) is 0 Å². The van der Waals surface area contributed by atoms with E-state index in [1.54, 1.807) is 0 Å². The first-order valence-corrected chi connectivity index (χ1v) is 6.21. The molecule has 0 aliphatic carbocycles. The van der Waals surface area contributed by atoms with Gasteiger partial charge in [0.1, 0.15) is 10.4 Å². The van der Waals surface area contributed by atoms with E-state index in [4.69, 9.17) is 0 Å².